The van der Waals surface area contributed by atoms with Gasteiger partial charge in [0.25, 0.3) is 0 Å². The number of carbonyl (C=O) groups excluding carboxylic acids is 2. The topological polar surface area (TPSA) is 86.8 Å². The zero-order valence-electron chi connectivity index (χ0n) is 17.8. The van der Waals surface area contributed by atoms with E-state index in [1.165, 1.54) is 16.4 Å². The summed E-state index contributed by atoms with van der Waals surface area (Å²) in [5.74, 6) is -0.771. The van der Waals surface area contributed by atoms with Crippen LogP contribution in [0.1, 0.15) is 30.4 Å². The summed E-state index contributed by atoms with van der Waals surface area (Å²) in [4.78, 5) is 27.1. The van der Waals surface area contributed by atoms with Gasteiger partial charge in [0.05, 0.1) is 10.8 Å². The van der Waals surface area contributed by atoms with Crippen molar-refractivity contribution < 1.29 is 18.0 Å². The first-order valence-electron chi connectivity index (χ1n) is 10.5. The highest BCUT2D eigenvalue weighted by Crippen LogP contribution is 2.28. The van der Waals surface area contributed by atoms with Gasteiger partial charge in [-0.25, -0.2) is 8.42 Å². The standard InChI is InChI=1S/C23H27N3O4S/c1-16-5-8-20(13-17(16)2)26-15-18(14-22(26)27)23(28)24-19-6-9-21(10-7-19)31(29,30)25-11-3-4-12-25/h5-10,13,18H,3-4,11-12,14-15H2,1-2H3,(H,24,28)/t18-/m0/s1. The lowest BCUT2D eigenvalue weighted by Gasteiger charge is -2.18. The van der Waals surface area contributed by atoms with Gasteiger partial charge in [-0.1, -0.05) is 6.07 Å². The average Bonchev–Trinajstić information content (AvgIpc) is 3.41. The fourth-order valence-corrected chi connectivity index (χ4v) is 5.58. The van der Waals surface area contributed by atoms with Gasteiger partial charge in [-0.05, 0) is 74.2 Å². The Labute approximate surface area is 183 Å². The second-order valence-corrected chi connectivity index (χ2v) is 10.2. The Balaban J connectivity index is 1.41. The van der Waals surface area contributed by atoms with Crippen molar-refractivity contribution >= 4 is 33.2 Å². The van der Waals surface area contributed by atoms with E-state index in [-0.39, 0.29) is 23.1 Å². The second-order valence-electron chi connectivity index (χ2n) is 8.30. The molecule has 2 heterocycles. The number of carbonyl (C=O) groups is 2. The molecule has 31 heavy (non-hydrogen) atoms. The average molecular weight is 442 g/mol. The van der Waals surface area contributed by atoms with Crippen LogP contribution >= 0.6 is 0 Å². The predicted molar refractivity (Wildman–Crippen MR) is 119 cm³/mol. The molecule has 0 unspecified atom stereocenters. The molecular formula is C23H27N3O4S. The molecule has 2 aliphatic rings. The molecule has 2 aromatic carbocycles. The second kappa shape index (κ2) is 8.43. The molecule has 1 N–H and O–H groups in total. The third-order valence-electron chi connectivity index (χ3n) is 6.12. The summed E-state index contributed by atoms with van der Waals surface area (Å²) in [6, 6.07) is 12.1. The van der Waals surface area contributed by atoms with Crippen molar-refractivity contribution in [3.63, 3.8) is 0 Å². The lowest BCUT2D eigenvalue weighted by Crippen LogP contribution is -2.28. The summed E-state index contributed by atoms with van der Waals surface area (Å²) in [5, 5.41) is 2.82. The molecule has 2 saturated heterocycles. The van der Waals surface area contributed by atoms with Crippen LogP contribution in [-0.4, -0.2) is 44.2 Å². The zero-order chi connectivity index (χ0) is 22.2. The zero-order valence-corrected chi connectivity index (χ0v) is 18.6. The Bertz CT molecular complexity index is 1110. The maximum Gasteiger partial charge on any atom is 0.243 e. The quantitative estimate of drug-likeness (QED) is 0.773. The van der Waals surface area contributed by atoms with Gasteiger partial charge < -0.3 is 10.2 Å². The Hall–Kier alpha value is -2.71. The number of amides is 2. The number of hydrogen-bond donors (Lipinski definition) is 1. The number of benzene rings is 2. The summed E-state index contributed by atoms with van der Waals surface area (Å²) in [6.07, 6.45) is 1.92. The van der Waals surface area contributed by atoms with E-state index in [2.05, 4.69) is 5.32 Å². The van der Waals surface area contributed by atoms with E-state index < -0.39 is 15.9 Å². The van der Waals surface area contributed by atoms with E-state index in [9.17, 15) is 18.0 Å². The first-order valence-corrected chi connectivity index (χ1v) is 12.0. The molecule has 0 spiro atoms. The van der Waals surface area contributed by atoms with Crippen LogP contribution in [-0.2, 0) is 19.6 Å². The molecule has 7 nitrogen and oxygen atoms in total. The van der Waals surface area contributed by atoms with E-state index in [1.807, 2.05) is 32.0 Å². The van der Waals surface area contributed by atoms with Crippen molar-refractivity contribution in [3.8, 4) is 0 Å². The van der Waals surface area contributed by atoms with Crippen molar-refractivity contribution in [2.45, 2.75) is 38.0 Å². The first kappa shape index (κ1) is 21.5. The van der Waals surface area contributed by atoms with Gasteiger partial charge in [-0.3, -0.25) is 9.59 Å². The van der Waals surface area contributed by atoms with Gasteiger partial charge in [0.15, 0.2) is 0 Å². The van der Waals surface area contributed by atoms with Crippen LogP contribution in [0.15, 0.2) is 47.4 Å². The number of hydrogen-bond acceptors (Lipinski definition) is 4. The van der Waals surface area contributed by atoms with E-state index in [1.54, 1.807) is 17.0 Å². The van der Waals surface area contributed by atoms with Crippen LogP contribution < -0.4 is 10.2 Å². The van der Waals surface area contributed by atoms with Crippen molar-refractivity contribution in [1.29, 1.82) is 0 Å². The third-order valence-corrected chi connectivity index (χ3v) is 8.04. The monoisotopic (exact) mass is 441 g/mol. The highest BCUT2D eigenvalue weighted by atomic mass is 32.2. The number of sulfonamides is 1. The highest BCUT2D eigenvalue weighted by Gasteiger charge is 2.35. The molecule has 2 aromatic rings. The van der Waals surface area contributed by atoms with E-state index in [4.69, 9.17) is 0 Å². The van der Waals surface area contributed by atoms with Crippen LogP contribution in [0.5, 0.6) is 0 Å². The summed E-state index contributed by atoms with van der Waals surface area (Å²) in [5.41, 5.74) is 3.57. The first-order chi connectivity index (χ1) is 14.8. The van der Waals surface area contributed by atoms with E-state index in [0.717, 1.165) is 29.7 Å². The smallest absolute Gasteiger partial charge is 0.243 e. The number of anilines is 2. The Morgan fingerprint density at radius 1 is 1.00 bits per heavy atom. The summed E-state index contributed by atoms with van der Waals surface area (Å²) in [7, 11) is -3.48. The lowest BCUT2D eigenvalue weighted by atomic mass is 10.1. The summed E-state index contributed by atoms with van der Waals surface area (Å²) >= 11 is 0. The normalized spacial score (nSPS) is 19.7. The maximum atomic E-state index is 12.7. The Kier molecular flexibility index (Phi) is 5.85. The van der Waals surface area contributed by atoms with Gasteiger partial charge >= 0.3 is 0 Å². The molecule has 2 aliphatic heterocycles. The lowest BCUT2D eigenvalue weighted by molar-refractivity contribution is -0.122. The molecule has 0 aliphatic carbocycles. The third kappa shape index (κ3) is 4.36. The molecule has 0 radical (unpaired) electrons. The minimum Gasteiger partial charge on any atom is -0.326 e. The van der Waals surface area contributed by atoms with Crippen LogP contribution in [0.3, 0.4) is 0 Å². The van der Waals surface area contributed by atoms with Crippen molar-refractivity contribution in [1.82, 2.24) is 4.31 Å². The van der Waals surface area contributed by atoms with Gasteiger partial charge in [0, 0.05) is 37.4 Å². The van der Waals surface area contributed by atoms with Crippen LogP contribution in [0, 0.1) is 19.8 Å². The van der Waals surface area contributed by atoms with Crippen molar-refractivity contribution in [2.75, 3.05) is 29.9 Å². The number of aryl methyl sites for hydroxylation is 2. The van der Waals surface area contributed by atoms with E-state index >= 15 is 0 Å². The molecule has 2 fully saturated rings. The molecule has 0 saturated carbocycles. The van der Waals surface area contributed by atoms with Crippen LogP contribution in [0.4, 0.5) is 11.4 Å². The van der Waals surface area contributed by atoms with Gasteiger partial charge in [-0.15, -0.1) is 0 Å². The molecule has 0 bridgehead atoms. The highest BCUT2D eigenvalue weighted by molar-refractivity contribution is 7.89. The predicted octanol–water partition coefficient (Wildman–Crippen LogP) is 3.08. The maximum absolute atomic E-state index is 12.7. The Morgan fingerprint density at radius 2 is 1.68 bits per heavy atom. The van der Waals surface area contributed by atoms with Gasteiger partial charge in [0.2, 0.25) is 21.8 Å². The van der Waals surface area contributed by atoms with Gasteiger partial charge in [0.1, 0.15) is 0 Å². The van der Waals surface area contributed by atoms with Gasteiger partial charge in [-0.2, -0.15) is 4.31 Å². The number of nitrogens with zero attached hydrogens (tertiary/aromatic N) is 2. The molecule has 1 atom stereocenters. The molecule has 0 aromatic heterocycles. The molecular weight excluding hydrogens is 414 g/mol. The largest absolute Gasteiger partial charge is 0.326 e. The minimum absolute atomic E-state index is 0.0737. The Morgan fingerprint density at radius 3 is 2.32 bits per heavy atom. The summed E-state index contributed by atoms with van der Waals surface area (Å²) in [6.45, 7) is 5.44. The SMILES string of the molecule is Cc1ccc(N2C[C@@H](C(=O)Nc3ccc(S(=O)(=O)N4CCCC4)cc3)CC2=O)cc1C. The summed E-state index contributed by atoms with van der Waals surface area (Å²) < 4.78 is 26.7. The molecule has 8 heteroatoms. The van der Waals surface area contributed by atoms with Crippen LogP contribution in [0.2, 0.25) is 0 Å². The fraction of sp³-hybridized carbons (Fsp3) is 0.391. The molecule has 4 rings (SSSR count). The molecule has 164 valence electrons. The van der Waals surface area contributed by atoms with Crippen molar-refractivity contribution in [3.05, 3.63) is 53.6 Å². The number of rotatable bonds is 5. The van der Waals surface area contributed by atoms with Crippen molar-refractivity contribution in [2.24, 2.45) is 5.92 Å². The fourth-order valence-electron chi connectivity index (χ4n) is 4.06. The number of nitrogens with one attached hydrogen (secondary N) is 1. The molecule has 2 amide bonds. The van der Waals surface area contributed by atoms with Crippen LogP contribution in [0.25, 0.3) is 0 Å². The minimum atomic E-state index is -3.48. The van der Waals surface area contributed by atoms with E-state index in [0.29, 0.717) is 25.3 Å².